The molecule has 0 fully saturated rings. The van der Waals surface area contributed by atoms with Gasteiger partial charge in [-0.25, -0.2) is 4.79 Å². The van der Waals surface area contributed by atoms with Crippen molar-refractivity contribution < 1.29 is 34.2 Å². The van der Waals surface area contributed by atoms with Gasteiger partial charge in [0.25, 0.3) is 0 Å². The number of carboxylic acid groups (broad SMARTS) is 1. The Hall–Kier alpha value is -3.67. The van der Waals surface area contributed by atoms with E-state index in [2.05, 4.69) is 16.0 Å². The van der Waals surface area contributed by atoms with E-state index < -0.39 is 60.2 Å². The molecule has 37 heavy (non-hydrogen) atoms. The van der Waals surface area contributed by atoms with Gasteiger partial charge in [0.05, 0.1) is 12.5 Å². The van der Waals surface area contributed by atoms with Gasteiger partial charge in [-0.2, -0.15) is 0 Å². The zero-order valence-electron chi connectivity index (χ0n) is 21.7. The smallest absolute Gasteiger partial charge is 0.326 e. The maximum atomic E-state index is 13.1. The number of phenols is 1. The number of benzene rings is 1. The molecule has 12 heteroatoms. The fourth-order valence-corrected chi connectivity index (χ4v) is 3.58. The number of carbonyl (C=O) groups is 5. The molecule has 0 aliphatic carbocycles. The third-order valence-electron chi connectivity index (χ3n) is 5.88. The van der Waals surface area contributed by atoms with Crippen LogP contribution < -0.4 is 27.4 Å². The third kappa shape index (κ3) is 10.9. The van der Waals surface area contributed by atoms with E-state index in [1.165, 1.54) is 12.1 Å². The van der Waals surface area contributed by atoms with Gasteiger partial charge in [0, 0.05) is 0 Å². The predicted octanol–water partition coefficient (Wildman–Crippen LogP) is -0.231. The highest BCUT2D eigenvalue weighted by Gasteiger charge is 2.33. The van der Waals surface area contributed by atoms with Gasteiger partial charge in [-0.15, -0.1) is 0 Å². The molecule has 1 rings (SSSR count). The van der Waals surface area contributed by atoms with E-state index >= 15 is 0 Å². The normalized spacial score (nSPS) is 15.1. The third-order valence-corrected chi connectivity index (χ3v) is 5.88. The molecule has 9 N–H and O–H groups in total. The number of phenolic OH excluding ortho intramolecular Hbond substituents is 1. The maximum absolute atomic E-state index is 13.1. The van der Waals surface area contributed by atoms with Crippen LogP contribution in [0.25, 0.3) is 0 Å². The van der Waals surface area contributed by atoms with Crippen molar-refractivity contribution in [2.45, 2.75) is 77.5 Å². The zero-order valence-corrected chi connectivity index (χ0v) is 21.7. The van der Waals surface area contributed by atoms with Gasteiger partial charge in [-0.3, -0.25) is 19.2 Å². The molecule has 0 aromatic heterocycles. The molecule has 0 bridgehead atoms. The molecule has 0 saturated carbocycles. The first-order valence-corrected chi connectivity index (χ1v) is 12.2. The Balaban J connectivity index is 3.00. The Labute approximate surface area is 216 Å². The number of aliphatic carboxylic acids is 1. The number of rotatable bonds is 15. The summed E-state index contributed by atoms with van der Waals surface area (Å²) in [6.07, 6.45) is 0.233. The van der Waals surface area contributed by atoms with Crippen LogP contribution in [-0.4, -0.2) is 64.0 Å². The minimum absolute atomic E-state index is 0.000941. The molecule has 0 aliphatic heterocycles. The van der Waals surface area contributed by atoms with Gasteiger partial charge < -0.3 is 37.6 Å². The molecule has 0 spiro atoms. The summed E-state index contributed by atoms with van der Waals surface area (Å²) >= 11 is 0. The highest BCUT2D eigenvalue weighted by Crippen LogP contribution is 2.13. The van der Waals surface area contributed by atoms with Crippen LogP contribution in [0.2, 0.25) is 0 Å². The van der Waals surface area contributed by atoms with Crippen molar-refractivity contribution in [1.82, 2.24) is 16.0 Å². The molecule has 0 heterocycles. The molecule has 0 aliphatic rings. The Kier molecular flexibility index (Phi) is 12.5. The average molecular weight is 522 g/mol. The van der Waals surface area contributed by atoms with Gasteiger partial charge in [-0.05, 0) is 42.4 Å². The molecule has 5 atom stereocenters. The van der Waals surface area contributed by atoms with Gasteiger partial charge in [0.2, 0.25) is 23.6 Å². The number of carboxylic acids is 1. The lowest BCUT2D eigenvalue weighted by atomic mass is 9.96. The second kappa shape index (κ2) is 14.8. The number of nitrogens with one attached hydrogen (secondary N) is 3. The number of primary amides is 1. The van der Waals surface area contributed by atoms with Crippen molar-refractivity contribution in [3.05, 3.63) is 29.8 Å². The SMILES string of the molecule is CCC(C)C(NC(=O)C(CC(N)=O)NC(=O)C(N)Cc1ccc(O)cc1)C(=O)NC(CC(C)C)C(=O)O. The van der Waals surface area contributed by atoms with Crippen molar-refractivity contribution in [2.75, 3.05) is 0 Å². The van der Waals surface area contributed by atoms with Gasteiger partial charge in [-0.1, -0.05) is 46.2 Å². The Morgan fingerprint density at radius 2 is 1.46 bits per heavy atom. The fourth-order valence-electron chi connectivity index (χ4n) is 3.58. The molecule has 5 unspecified atom stereocenters. The second-order valence-electron chi connectivity index (χ2n) is 9.61. The Morgan fingerprint density at radius 1 is 0.892 bits per heavy atom. The molecule has 0 radical (unpaired) electrons. The van der Waals surface area contributed by atoms with Crippen LogP contribution >= 0.6 is 0 Å². The van der Waals surface area contributed by atoms with Crippen LogP contribution in [0.1, 0.15) is 52.5 Å². The minimum atomic E-state index is -1.40. The summed E-state index contributed by atoms with van der Waals surface area (Å²) in [4.78, 5) is 61.9. The molecule has 206 valence electrons. The summed E-state index contributed by atoms with van der Waals surface area (Å²) in [5.74, 6) is -4.64. The largest absolute Gasteiger partial charge is 0.508 e. The van der Waals surface area contributed by atoms with Gasteiger partial charge >= 0.3 is 5.97 Å². The van der Waals surface area contributed by atoms with Crippen molar-refractivity contribution in [3.63, 3.8) is 0 Å². The van der Waals surface area contributed by atoms with E-state index in [-0.39, 0.29) is 30.4 Å². The molecule has 1 aromatic rings. The van der Waals surface area contributed by atoms with Crippen LogP contribution in [0, 0.1) is 11.8 Å². The number of amides is 4. The van der Waals surface area contributed by atoms with Crippen LogP contribution in [-0.2, 0) is 30.4 Å². The molecule has 1 aromatic carbocycles. The highest BCUT2D eigenvalue weighted by molar-refractivity contribution is 5.96. The summed E-state index contributed by atoms with van der Waals surface area (Å²) in [5.41, 5.74) is 11.9. The lowest BCUT2D eigenvalue weighted by molar-refractivity contribution is -0.143. The first kappa shape index (κ1) is 31.4. The lowest BCUT2D eigenvalue weighted by Gasteiger charge is -2.28. The van der Waals surface area contributed by atoms with E-state index in [9.17, 15) is 34.2 Å². The predicted molar refractivity (Wildman–Crippen MR) is 136 cm³/mol. The van der Waals surface area contributed by atoms with Crippen molar-refractivity contribution in [2.24, 2.45) is 23.3 Å². The molecular formula is C25H39N5O7. The number of hydrogen-bond donors (Lipinski definition) is 7. The highest BCUT2D eigenvalue weighted by atomic mass is 16.4. The molecule has 0 saturated heterocycles. The fraction of sp³-hybridized carbons (Fsp3) is 0.560. The topological polar surface area (TPSA) is 214 Å². The first-order valence-electron chi connectivity index (χ1n) is 12.2. The van der Waals surface area contributed by atoms with Gasteiger partial charge in [0.15, 0.2) is 0 Å². The number of hydrogen-bond acceptors (Lipinski definition) is 7. The van der Waals surface area contributed by atoms with Crippen molar-refractivity contribution in [3.8, 4) is 5.75 Å². The second-order valence-corrected chi connectivity index (χ2v) is 9.61. The van der Waals surface area contributed by atoms with Crippen molar-refractivity contribution >= 4 is 29.6 Å². The maximum Gasteiger partial charge on any atom is 0.326 e. The van der Waals surface area contributed by atoms with Gasteiger partial charge in [0.1, 0.15) is 23.9 Å². The van der Waals surface area contributed by atoms with E-state index in [1.807, 2.05) is 13.8 Å². The van der Waals surface area contributed by atoms with E-state index in [0.29, 0.717) is 12.0 Å². The summed E-state index contributed by atoms with van der Waals surface area (Å²) in [7, 11) is 0. The molecule has 12 nitrogen and oxygen atoms in total. The van der Waals surface area contributed by atoms with E-state index in [0.717, 1.165) is 0 Å². The van der Waals surface area contributed by atoms with Crippen LogP contribution in [0.15, 0.2) is 24.3 Å². The number of nitrogens with two attached hydrogens (primary N) is 2. The minimum Gasteiger partial charge on any atom is -0.508 e. The average Bonchev–Trinajstić information content (AvgIpc) is 2.81. The first-order chi connectivity index (χ1) is 17.2. The summed E-state index contributed by atoms with van der Waals surface area (Å²) in [6.45, 7) is 7.14. The van der Waals surface area contributed by atoms with Crippen LogP contribution in [0.3, 0.4) is 0 Å². The zero-order chi connectivity index (χ0) is 28.3. The molecular weight excluding hydrogens is 482 g/mol. The summed E-state index contributed by atoms with van der Waals surface area (Å²) < 4.78 is 0. The number of carbonyl (C=O) groups excluding carboxylic acids is 4. The van der Waals surface area contributed by atoms with E-state index in [1.54, 1.807) is 26.0 Å². The standard InChI is InChI=1S/C25H39N5O7/c1-5-14(4)21(24(35)29-19(25(36)37)10-13(2)3)30-23(34)18(12-20(27)32)28-22(33)17(26)11-15-6-8-16(31)9-7-15/h6-9,13-14,17-19,21,31H,5,10-12,26H2,1-4H3,(H2,27,32)(H,28,33)(H,29,35)(H,30,34)(H,36,37). The van der Waals surface area contributed by atoms with Crippen LogP contribution in [0.4, 0.5) is 0 Å². The monoisotopic (exact) mass is 521 g/mol. The summed E-state index contributed by atoms with van der Waals surface area (Å²) in [6, 6.07) is 1.33. The van der Waals surface area contributed by atoms with Crippen molar-refractivity contribution in [1.29, 1.82) is 0 Å². The Morgan fingerprint density at radius 3 is 1.95 bits per heavy atom. The molecule has 4 amide bonds. The number of aromatic hydroxyl groups is 1. The lowest BCUT2D eigenvalue weighted by Crippen LogP contribution is -2.59. The summed E-state index contributed by atoms with van der Waals surface area (Å²) in [5, 5.41) is 26.3. The van der Waals surface area contributed by atoms with Crippen LogP contribution in [0.5, 0.6) is 5.75 Å². The van der Waals surface area contributed by atoms with E-state index in [4.69, 9.17) is 11.5 Å². The Bertz CT molecular complexity index is 951. The quantitative estimate of drug-likeness (QED) is 0.163.